The second-order valence-electron chi connectivity index (χ2n) is 5.92. The number of carbonyl (C=O) groups is 3. The summed E-state index contributed by atoms with van der Waals surface area (Å²) >= 11 is 0. The highest BCUT2D eigenvalue weighted by atomic mass is 16.5. The molecule has 2 heterocycles. The molecule has 3 rings (SSSR count). The van der Waals surface area contributed by atoms with Gasteiger partial charge in [0.1, 0.15) is 23.6 Å². The molecule has 0 saturated carbocycles. The molecule has 0 spiro atoms. The Balaban J connectivity index is 1.71. The molecule has 9 nitrogen and oxygen atoms in total. The van der Waals surface area contributed by atoms with Gasteiger partial charge in [0, 0.05) is 24.6 Å². The number of carbonyl (C=O) groups excluding carboxylic acids is 2. The van der Waals surface area contributed by atoms with Crippen LogP contribution in [-0.4, -0.2) is 51.1 Å². The highest BCUT2D eigenvalue weighted by molar-refractivity contribution is 6.19. The van der Waals surface area contributed by atoms with Crippen LogP contribution in [0.1, 0.15) is 12.2 Å². The van der Waals surface area contributed by atoms with E-state index in [4.69, 9.17) is 9.63 Å². The number of aliphatic hydroxyl groups excluding tert-OH is 1. The van der Waals surface area contributed by atoms with E-state index in [0.29, 0.717) is 11.5 Å². The Labute approximate surface area is 153 Å². The van der Waals surface area contributed by atoms with E-state index < -0.39 is 29.9 Å². The van der Waals surface area contributed by atoms with E-state index in [9.17, 15) is 19.5 Å². The normalized spacial score (nSPS) is 14.4. The fraction of sp³-hybridized carbons (Fsp3) is 0.222. The van der Waals surface area contributed by atoms with E-state index in [1.165, 1.54) is 4.90 Å². The van der Waals surface area contributed by atoms with Crippen molar-refractivity contribution >= 4 is 17.8 Å². The quantitative estimate of drug-likeness (QED) is 0.647. The molecule has 140 valence electrons. The number of carboxylic acid groups (broad SMARTS) is 1. The molecule has 1 aromatic carbocycles. The Morgan fingerprint density at radius 3 is 2.70 bits per heavy atom. The highest BCUT2D eigenvalue weighted by Gasteiger charge is 2.32. The van der Waals surface area contributed by atoms with Gasteiger partial charge in [0.25, 0.3) is 11.8 Å². The van der Waals surface area contributed by atoms with Crippen LogP contribution in [-0.2, 0) is 20.9 Å². The van der Waals surface area contributed by atoms with Crippen LogP contribution >= 0.6 is 0 Å². The van der Waals surface area contributed by atoms with Gasteiger partial charge < -0.3 is 25.0 Å². The molecule has 0 fully saturated rings. The van der Waals surface area contributed by atoms with Crippen LogP contribution in [0.2, 0.25) is 0 Å². The number of nitrogens with zero attached hydrogens (tertiary/aromatic N) is 2. The molecule has 0 atom stereocenters. The van der Waals surface area contributed by atoms with Gasteiger partial charge in [-0.15, -0.1) is 0 Å². The van der Waals surface area contributed by atoms with Crippen LogP contribution in [0.3, 0.4) is 0 Å². The van der Waals surface area contributed by atoms with Crippen LogP contribution in [0.5, 0.6) is 0 Å². The zero-order valence-electron chi connectivity index (χ0n) is 14.2. The maximum atomic E-state index is 12.5. The monoisotopic (exact) mass is 371 g/mol. The molecular formula is C18H17N3O6. The molecule has 0 saturated heterocycles. The Morgan fingerprint density at radius 1 is 1.26 bits per heavy atom. The average molecular weight is 371 g/mol. The number of aromatic nitrogens is 1. The van der Waals surface area contributed by atoms with E-state index in [1.54, 1.807) is 6.07 Å². The summed E-state index contributed by atoms with van der Waals surface area (Å²) in [6, 6.07) is 11.1. The third-order valence-corrected chi connectivity index (χ3v) is 4.01. The van der Waals surface area contributed by atoms with Crippen molar-refractivity contribution in [3.63, 3.8) is 0 Å². The van der Waals surface area contributed by atoms with Crippen molar-refractivity contribution in [2.45, 2.75) is 13.0 Å². The third-order valence-electron chi connectivity index (χ3n) is 4.01. The molecule has 1 aromatic heterocycles. The molecule has 0 bridgehead atoms. The van der Waals surface area contributed by atoms with Crippen molar-refractivity contribution in [1.29, 1.82) is 0 Å². The van der Waals surface area contributed by atoms with Gasteiger partial charge in [0.05, 0.1) is 6.54 Å². The van der Waals surface area contributed by atoms with Gasteiger partial charge in [-0.3, -0.25) is 14.4 Å². The van der Waals surface area contributed by atoms with Gasteiger partial charge in [-0.1, -0.05) is 35.5 Å². The van der Waals surface area contributed by atoms with Crippen molar-refractivity contribution in [3.8, 4) is 11.3 Å². The second-order valence-corrected chi connectivity index (χ2v) is 5.92. The summed E-state index contributed by atoms with van der Waals surface area (Å²) in [5.41, 5.74) is 1.03. The first-order valence-electron chi connectivity index (χ1n) is 8.18. The van der Waals surface area contributed by atoms with E-state index in [2.05, 4.69) is 10.5 Å². The van der Waals surface area contributed by atoms with Crippen LogP contribution in [0.25, 0.3) is 11.3 Å². The molecule has 0 unspecified atom stereocenters. The van der Waals surface area contributed by atoms with Gasteiger partial charge in [0.2, 0.25) is 0 Å². The Hall–Kier alpha value is -3.62. The highest BCUT2D eigenvalue weighted by Crippen LogP contribution is 2.23. The molecule has 2 aromatic rings. The van der Waals surface area contributed by atoms with E-state index in [0.717, 1.165) is 5.56 Å². The first kappa shape index (κ1) is 18.2. The topological polar surface area (TPSA) is 133 Å². The number of aliphatic hydroxyl groups is 1. The molecule has 2 amide bonds. The molecule has 9 heteroatoms. The first-order chi connectivity index (χ1) is 13.0. The van der Waals surface area contributed by atoms with E-state index >= 15 is 0 Å². The fourth-order valence-corrected chi connectivity index (χ4v) is 2.69. The summed E-state index contributed by atoms with van der Waals surface area (Å²) in [6.45, 7) is -0.380. The van der Waals surface area contributed by atoms with Crippen molar-refractivity contribution in [2.24, 2.45) is 0 Å². The summed E-state index contributed by atoms with van der Waals surface area (Å²) < 4.78 is 5.27. The van der Waals surface area contributed by atoms with E-state index in [-0.39, 0.29) is 25.3 Å². The van der Waals surface area contributed by atoms with Crippen molar-refractivity contribution in [1.82, 2.24) is 15.4 Å². The minimum atomic E-state index is -1.25. The summed E-state index contributed by atoms with van der Waals surface area (Å²) in [4.78, 5) is 36.5. The summed E-state index contributed by atoms with van der Waals surface area (Å²) in [6.07, 6.45) is 0.0846. The largest absolute Gasteiger partial charge is 0.511 e. The number of rotatable bonds is 6. The van der Waals surface area contributed by atoms with Crippen LogP contribution < -0.4 is 5.32 Å². The summed E-state index contributed by atoms with van der Waals surface area (Å²) in [7, 11) is 0. The number of amides is 2. The predicted octanol–water partition coefficient (Wildman–Crippen LogP) is 1.09. The molecule has 0 aliphatic carbocycles. The number of aliphatic carboxylic acids is 1. The number of hydrogen-bond acceptors (Lipinski definition) is 6. The number of carboxylic acids is 1. The second kappa shape index (κ2) is 7.73. The lowest BCUT2D eigenvalue weighted by molar-refractivity contribution is -0.138. The van der Waals surface area contributed by atoms with Gasteiger partial charge >= 0.3 is 5.97 Å². The molecule has 27 heavy (non-hydrogen) atoms. The zero-order valence-corrected chi connectivity index (χ0v) is 14.2. The minimum absolute atomic E-state index is 0.0711. The van der Waals surface area contributed by atoms with Crippen LogP contribution in [0, 0.1) is 0 Å². The molecule has 1 aliphatic rings. The molecular weight excluding hydrogens is 354 g/mol. The Bertz CT molecular complexity index is 903. The SMILES string of the molecule is O=C(O)CNC(=O)C1=C(O)CCN(Cc2cc(-c3ccccc3)no2)C1=O. The third kappa shape index (κ3) is 4.14. The Morgan fingerprint density at radius 2 is 2.00 bits per heavy atom. The van der Waals surface area contributed by atoms with Crippen molar-refractivity contribution < 1.29 is 29.1 Å². The smallest absolute Gasteiger partial charge is 0.322 e. The first-order valence-corrected chi connectivity index (χ1v) is 8.18. The van der Waals surface area contributed by atoms with E-state index in [1.807, 2.05) is 30.3 Å². The summed E-state index contributed by atoms with van der Waals surface area (Å²) in [5, 5.41) is 24.6. The molecule has 1 aliphatic heterocycles. The maximum Gasteiger partial charge on any atom is 0.322 e. The number of hydrogen-bond donors (Lipinski definition) is 3. The number of nitrogens with one attached hydrogen (secondary N) is 1. The van der Waals surface area contributed by atoms with Gasteiger partial charge in [0.15, 0.2) is 5.76 Å². The van der Waals surface area contributed by atoms with Gasteiger partial charge in [-0.2, -0.15) is 0 Å². The Kier molecular flexibility index (Phi) is 5.20. The van der Waals surface area contributed by atoms with Gasteiger partial charge in [-0.05, 0) is 0 Å². The lowest BCUT2D eigenvalue weighted by Gasteiger charge is -2.27. The summed E-state index contributed by atoms with van der Waals surface area (Å²) in [5.74, 6) is -2.80. The number of benzene rings is 1. The molecule has 0 radical (unpaired) electrons. The van der Waals surface area contributed by atoms with Crippen molar-refractivity contribution in [2.75, 3.05) is 13.1 Å². The standard InChI is InChI=1S/C18H17N3O6/c22-14-6-7-21(18(26)16(14)17(25)19-9-15(23)24)10-12-8-13(20-27-12)11-4-2-1-3-5-11/h1-5,8,22H,6-7,9-10H2,(H,19,25)(H,23,24). The average Bonchev–Trinajstić information content (AvgIpc) is 3.12. The predicted molar refractivity (Wildman–Crippen MR) is 92.3 cm³/mol. The van der Waals surface area contributed by atoms with Crippen LogP contribution in [0.15, 0.2) is 52.3 Å². The maximum absolute atomic E-state index is 12.5. The minimum Gasteiger partial charge on any atom is -0.511 e. The van der Waals surface area contributed by atoms with Crippen molar-refractivity contribution in [3.05, 3.63) is 53.5 Å². The van der Waals surface area contributed by atoms with Gasteiger partial charge in [-0.25, -0.2) is 0 Å². The fourth-order valence-electron chi connectivity index (χ4n) is 2.69. The molecule has 3 N–H and O–H groups in total. The lowest BCUT2D eigenvalue weighted by atomic mass is 10.1. The zero-order chi connectivity index (χ0) is 19.4. The van der Waals surface area contributed by atoms with Crippen LogP contribution in [0.4, 0.5) is 0 Å². The lowest BCUT2D eigenvalue weighted by Crippen LogP contribution is -2.43.